The second kappa shape index (κ2) is 3.94. The Morgan fingerprint density at radius 3 is 2.69 bits per heavy atom. The molecule has 0 aliphatic rings. The number of carbonyl (C=O) groups is 1. The van der Waals surface area contributed by atoms with E-state index < -0.39 is 5.97 Å². The maximum Gasteiger partial charge on any atom is 0.122 e. The van der Waals surface area contributed by atoms with Crippen LogP contribution in [0.3, 0.4) is 0 Å². The number of hydrogen-bond donors (Lipinski definition) is 0. The first-order chi connectivity index (χ1) is 6.20. The van der Waals surface area contributed by atoms with Crippen molar-refractivity contribution >= 4 is 5.97 Å². The van der Waals surface area contributed by atoms with Crippen LogP contribution in [0.1, 0.15) is 22.8 Å². The fourth-order valence-corrected chi connectivity index (χ4v) is 1.31. The zero-order chi connectivity index (χ0) is 9.84. The van der Waals surface area contributed by atoms with E-state index in [1.165, 1.54) is 13.2 Å². The van der Waals surface area contributed by atoms with Gasteiger partial charge in [0.15, 0.2) is 0 Å². The molecule has 1 aromatic carbocycles. The van der Waals surface area contributed by atoms with Crippen molar-refractivity contribution in [3.8, 4) is 5.75 Å². The Bertz CT molecular complexity index is 318. The third-order valence-corrected chi connectivity index (χ3v) is 1.93. The van der Waals surface area contributed by atoms with E-state index in [0.29, 0.717) is 17.7 Å². The van der Waals surface area contributed by atoms with Crippen molar-refractivity contribution in [3.05, 3.63) is 29.3 Å². The topological polar surface area (TPSA) is 49.4 Å². The van der Waals surface area contributed by atoms with Crippen LogP contribution in [-0.2, 0) is 6.42 Å². The lowest BCUT2D eigenvalue weighted by atomic mass is 10.0. The van der Waals surface area contributed by atoms with E-state index in [4.69, 9.17) is 4.74 Å². The van der Waals surface area contributed by atoms with Crippen LogP contribution >= 0.6 is 0 Å². The smallest absolute Gasteiger partial charge is 0.122 e. The Balaban J connectivity index is 3.27. The molecule has 0 radical (unpaired) electrons. The average molecular weight is 179 g/mol. The van der Waals surface area contributed by atoms with E-state index in [1.807, 2.05) is 6.92 Å². The Morgan fingerprint density at radius 2 is 2.23 bits per heavy atom. The number of carbonyl (C=O) groups excluding carboxylic acids is 1. The number of rotatable bonds is 3. The summed E-state index contributed by atoms with van der Waals surface area (Å²) in [6.45, 7) is 1.88. The Labute approximate surface area is 77.0 Å². The van der Waals surface area contributed by atoms with E-state index in [2.05, 4.69) is 0 Å². The Hall–Kier alpha value is -1.51. The predicted octanol–water partition coefficient (Wildman–Crippen LogP) is 0.621. The molecule has 0 spiro atoms. The van der Waals surface area contributed by atoms with E-state index in [1.54, 1.807) is 12.1 Å². The summed E-state index contributed by atoms with van der Waals surface area (Å²) in [5.74, 6) is -0.556. The van der Waals surface area contributed by atoms with Gasteiger partial charge < -0.3 is 14.6 Å². The van der Waals surface area contributed by atoms with Crippen LogP contribution in [0.15, 0.2) is 18.2 Å². The first-order valence-electron chi connectivity index (χ1n) is 4.08. The number of methoxy groups -OCH3 is 1. The van der Waals surface area contributed by atoms with Crippen LogP contribution in [0, 0.1) is 0 Å². The second-order valence-electron chi connectivity index (χ2n) is 2.63. The molecule has 0 unspecified atom stereocenters. The quantitative estimate of drug-likeness (QED) is 0.683. The minimum Gasteiger partial charge on any atom is -0.545 e. The molecule has 0 N–H and O–H groups in total. The molecule has 1 aromatic rings. The van der Waals surface area contributed by atoms with Crippen molar-refractivity contribution in [1.82, 2.24) is 0 Å². The van der Waals surface area contributed by atoms with Gasteiger partial charge >= 0.3 is 0 Å². The number of carboxylic acids is 1. The zero-order valence-corrected chi connectivity index (χ0v) is 7.66. The number of benzene rings is 1. The van der Waals surface area contributed by atoms with Crippen molar-refractivity contribution in [2.45, 2.75) is 13.3 Å². The molecule has 1 rings (SSSR count). The van der Waals surface area contributed by atoms with Gasteiger partial charge in [-0.25, -0.2) is 0 Å². The molecule has 0 heterocycles. The lowest BCUT2D eigenvalue weighted by Crippen LogP contribution is -2.23. The normalized spacial score (nSPS) is 9.69. The predicted molar refractivity (Wildman–Crippen MR) is 46.7 cm³/mol. The minimum absolute atomic E-state index is 0.210. The van der Waals surface area contributed by atoms with E-state index in [9.17, 15) is 9.90 Å². The first-order valence-corrected chi connectivity index (χ1v) is 4.08. The van der Waals surface area contributed by atoms with E-state index in [-0.39, 0.29) is 5.56 Å². The molecule has 0 fully saturated rings. The van der Waals surface area contributed by atoms with Gasteiger partial charge in [-0.05, 0) is 12.5 Å². The molecule has 0 atom stereocenters. The summed E-state index contributed by atoms with van der Waals surface area (Å²) in [5, 5.41) is 10.7. The van der Waals surface area contributed by atoms with Crippen LogP contribution in [-0.4, -0.2) is 13.1 Å². The first kappa shape index (κ1) is 9.58. The third-order valence-electron chi connectivity index (χ3n) is 1.93. The lowest BCUT2D eigenvalue weighted by molar-refractivity contribution is -0.255. The standard InChI is InChI=1S/C10H12O3/c1-3-7-8(10(11)12)5-4-6-9(7)13-2/h4-6H,3H2,1-2H3,(H,11,12)/p-1. The monoisotopic (exact) mass is 179 g/mol. The Kier molecular flexibility index (Phi) is 2.90. The van der Waals surface area contributed by atoms with Crippen molar-refractivity contribution in [1.29, 1.82) is 0 Å². The van der Waals surface area contributed by atoms with Gasteiger partial charge in [0.2, 0.25) is 0 Å². The fourth-order valence-electron chi connectivity index (χ4n) is 1.31. The number of carboxylic acid groups (broad SMARTS) is 1. The van der Waals surface area contributed by atoms with Crippen LogP contribution in [0.5, 0.6) is 5.75 Å². The molecule has 70 valence electrons. The van der Waals surface area contributed by atoms with Gasteiger partial charge in [-0.2, -0.15) is 0 Å². The summed E-state index contributed by atoms with van der Waals surface area (Å²) >= 11 is 0. The number of hydrogen-bond acceptors (Lipinski definition) is 3. The average Bonchev–Trinajstić information content (AvgIpc) is 2.16. The van der Waals surface area contributed by atoms with Crippen LogP contribution in [0.25, 0.3) is 0 Å². The number of ether oxygens (including phenoxy) is 1. The maximum atomic E-state index is 10.7. The molecule has 0 aromatic heterocycles. The summed E-state index contributed by atoms with van der Waals surface area (Å²) in [5.41, 5.74) is 0.895. The minimum atomic E-state index is -1.16. The largest absolute Gasteiger partial charge is 0.545 e. The molecule has 13 heavy (non-hydrogen) atoms. The summed E-state index contributed by atoms with van der Waals surface area (Å²) in [7, 11) is 1.52. The SMILES string of the molecule is CCc1c(OC)cccc1C(=O)[O-]. The van der Waals surface area contributed by atoms with E-state index in [0.717, 1.165) is 0 Å². The molecule has 0 aliphatic carbocycles. The summed E-state index contributed by atoms with van der Waals surface area (Å²) in [4.78, 5) is 10.7. The zero-order valence-electron chi connectivity index (χ0n) is 7.66. The number of aromatic carboxylic acids is 1. The van der Waals surface area contributed by atoms with Gasteiger partial charge in [0.25, 0.3) is 0 Å². The Morgan fingerprint density at radius 1 is 1.54 bits per heavy atom. The van der Waals surface area contributed by atoms with E-state index >= 15 is 0 Å². The van der Waals surface area contributed by atoms with Crippen molar-refractivity contribution in [2.75, 3.05) is 7.11 Å². The van der Waals surface area contributed by atoms with Gasteiger partial charge in [-0.1, -0.05) is 19.1 Å². The molecule has 0 aliphatic heterocycles. The molecular formula is C10H11O3-. The van der Waals surface area contributed by atoms with Gasteiger partial charge in [0, 0.05) is 11.1 Å². The van der Waals surface area contributed by atoms with Crippen LogP contribution in [0.4, 0.5) is 0 Å². The molecule has 0 saturated heterocycles. The molecule has 3 nitrogen and oxygen atoms in total. The van der Waals surface area contributed by atoms with Gasteiger partial charge in [0.1, 0.15) is 5.75 Å². The molecule has 0 saturated carbocycles. The molecule has 0 bridgehead atoms. The van der Waals surface area contributed by atoms with Crippen molar-refractivity contribution in [2.24, 2.45) is 0 Å². The molecule has 3 heteroatoms. The highest BCUT2D eigenvalue weighted by molar-refractivity contribution is 5.88. The highest BCUT2D eigenvalue weighted by Crippen LogP contribution is 2.21. The maximum absolute atomic E-state index is 10.7. The fraction of sp³-hybridized carbons (Fsp3) is 0.300. The summed E-state index contributed by atoms with van der Waals surface area (Å²) in [6, 6.07) is 4.91. The molecule has 0 amide bonds. The summed E-state index contributed by atoms with van der Waals surface area (Å²) in [6.07, 6.45) is 0.618. The van der Waals surface area contributed by atoms with Crippen LogP contribution in [0.2, 0.25) is 0 Å². The summed E-state index contributed by atoms with van der Waals surface area (Å²) < 4.78 is 5.04. The van der Waals surface area contributed by atoms with Gasteiger partial charge in [-0.3, -0.25) is 0 Å². The van der Waals surface area contributed by atoms with Gasteiger partial charge in [0.05, 0.1) is 13.1 Å². The second-order valence-corrected chi connectivity index (χ2v) is 2.63. The third kappa shape index (κ3) is 1.80. The van der Waals surface area contributed by atoms with Crippen LogP contribution < -0.4 is 9.84 Å². The van der Waals surface area contributed by atoms with Crippen molar-refractivity contribution < 1.29 is 14.6 Å². The lowest BCUT2D eigenvalue weighted by Gasteiger charge is -2.12. The highest BCUT2D eigenvalue weighted by Gasteiger charge is 2.06. The van der Waals surface area contributed by atoms with Crippen molar-refractivity contribution in [3.63, 3.8) is 0 Å². The molecular weight excluding hydrogens is 168 g/mol. The van der Waals surface area contributed by atoms with Gasteiger partial charge in [-0.15, -0.1) is 0 Å². The highest BCUT2D eigenvalue weighted by atomic mass is 16.5.